The molecule has 9 rings (SSSR count). The van der Waals surface area contributed by atoms with Gasteiger partial charge in [0.25, 0.3) is 5.91 Å². The molecule has 2 aromatic carbocycles. The minimum Gasteiger partial charge on any atom is -0.494 e. The van der Waals surface area contributed by atoms with E-state index < -0.39 is 0 Å². The van der Waals surface area contributed by atoms with Gasteiger partial charge in [-0.05, 0) is 86.1 Å². The number of piperidine rings is 1. The predicted molar refractivity (Wildman–Crippen MR) is 171 cm³/mol. The van der Waals surface area contributed by atoms with Gasteiger partial charge >= 0.3 is 0 Å². The second-order valence-corrected chi connectivity index (χ2v) is 13.0. The number of carbonyl (C=O) groups excluding carboxylic acids is 1. The maximum Gasteiger partial charge on any atom is 0.254 e. The Bertz CT molecular complexity index is 2010. The summed E-state index contributed by atoms with van der Waals surface area (Å²) in [6, 6.07) is 16.3. The quantitative estimate of drug-likeness (QED) is 0.290. The number of hydrogen-bond acceptors (Lipinski definition) is 7. The van der Waals surface area contributed by atoms with Gasteiger partial charge in [0.1, 0.15) is 30.1 Å². The highest BCUT2D eigenvalue weighted by atomic mass is 16.6. The number of hydrogen-bond donors (Lipinski definition) is 1. The monoisotopic (exact) mass is 604 g/mol. The average Bonchev–Trinajstić information content (AvgIpc) is 3.47. The molecule has 5 aromatic rings. The van der Waals surface area contributed by atoms with Crippen LogP contribution in [0.1, 0.15) is 36.0 Å². The zero-order valence-electron chi connectivity index (χ0n) is 25.5. The van der Waals surface area contributed by atoms with Gasteiger partial charge in [-0.2, -0.15) is 0 Å². The van der Waals surface area contributed by atoms with Crippen molar-refractivity contribution in [1.82, 2.24) is 24.0 Å². The Morgan fingerprint density at radius 1 is 1.00 bits per heavy atom. The van der Waals surface area contributed by atoms with Crippen LogP contribution >= 0.6 is 0 Å². The van der Waals surface area contributed by atoms with Crippen LogP contribution in [-0.2, 0) is 13.6 Å². The fraction of sp³-hybridized carbons (Fsp3) is 0.400. The molecule has 2 aliphatic heterocycles. The molecule has 3 aromatic heterocycles. The Balaban J connectivity index is 1.14. The second-order valence-electron chi connectivity index (χ2n) is 13.0. The third-order valence-corrected chi connectivity index (χ3v) is 10.3. The Morgan fingerprint density at radius 2 is 1.84 bits per heavy atom. The Kier molecular flexibility index (Phi) is 5.94. The van der Waals surface area contributed by atoms with Gasteiger partial charge in [-0.15, -0.1) is 0 Å². The van der Waals surface area contributed by atoms with Crippen LogP contribution in [0.2, 0.25) is 0 Å². The summed E-state index contributed by atoms with van der Waals surface area (Å²) in [4.78, 5) is 26.0. The van der Waals surface area contributed by atoms with Crippen molar-refractivity contribution in [3.63, 3.8) is 0 Å². The zero-order chi connectivity index (χ0) is 30.4. The Labute approximate surface area is 260 Å². The summed E-state index contributed by atoms with van der Waals surface area (Å²) in [7, 11) is 3.66. The van der Waals surface area contributed by atoms with Gasteiger partial charge in [-0.25, -0.2) is 9.97 Å². The molecule has 3 fully saturated rings. The van der Waals surface area contributed by atoms with Gasteiger partial charge in [0.05, 0.1) is 24.0 Å². The molecule has 2 saturated carbocycles. The van der Waals surface area contributed by atoms with Gasteiger partial charge in [0.15, 0.2) is 17.3 Å². The van der Waals surface area contributed by atoms with Crippen molar-refractivity contribution < 1.29 is 19.0 Å². The summed E-state index contributed by atoms with van der Waals surface area (Å²) in [5.41, 5.74) is 12.4. The van der Waals surface area contributed by atoms with E-state index >= 15 is 0 Å². The van der Waals surface area contributed by atoms with Crippen LogP contribution < -0.4 is 19.9 Å². The van der Waals surface area contributed by atoms with E-state index in [4.69, 9.17) is 29.9 Å². The first-order valence-corrected chi connectivity index (χ1v) is 16.0. The number of aromatic nitrogens is 4. The number of imidazole rings is 1. The first-order chi connectivity index (χ1) is 22.0. The molecule has 230 valence electrons. The van der Waals surface area contributed by atoms with Crippen molar-refractivity contribution in [2.75, 3.05) is 26.9 Å². The molecule has 3 atom stereocenters. The van der Waals surface area contributed by atoms with Crippen LogP contribution in [0.5, 0.6) is 17.2 Å². The summed E-state index contributed by atoms with van der Waals surface area (Å²) in [5.74, 6) is 3.98. The Morgan fingerprint density at radius 3 is 2.60 bits per heavy atom. The topological polar surface area (TPSA) is 110 Å². The molecular weight excluding hydrogens is 568 g/mol. The highest BCUT2D eigenvalue weighted by Crippen LogP contribution is 2.41. The van der Waals surface area contributed by atoms with E-state index in [0.29, 0.717) is 36.4 Å². The van der Waals surface area contributed by atoms with E-state index in [0.717, 1.165) is 82.3 Å². The van der Waals surface area contributed by atoms with E-state index in [1.807, 2.05) is 42.3 Å². The molecule has 2 aliphatic carbocycles. The number of benzene rings is 2. The third-order valence-electron chi connectivity index (χ3n) is 10.3. The Hall–Kier alpha value is -4.57. The molecule has 3 unspecified atom stereocenters. The normalized spacial score (nSPS) is 22.1. The molecule has 45 heavy (non-hydrogen) atoms. The van der Waals surface area contributed by atoms with E-state index in [2.05, 4.69) is 27.3 Å². The van der Waals surface area contributed by atoms with Crippen LogP contribution in [0.25, 0.3) is 44.8 Å². The summed E-state index contributed by atoms with van der Waals surface area (Å²) in [5, 5.41) is 1.06. The van der Waals surface area contributed by atoms with E-state index in [9.17, 15) is 4.79 Å². The number of ether oxygens (including phenoxy) is 3. The lowest BCUT2D eigenvalue weighted by atomic mass is 10.1. The van der Waals surface area contributed by atoms with Crippen LogP contribution in [0.15, 0.2) is 48.5 Å². The molecule has 5 heterocycles. The molecule has 0 radical (unpaired) electrons. The summed E-state index contributed by atoms with van der Waals surface area (Å²) >= 11 is 0. The number of amides is 1. The zero-order valence-corrected chi connectivity index (χ0v) is 25.5. The SMILES string of the molecule is COc1cc(C(=O)N2CC3CCC2C3N)cc2nc(-c3cc4ccc(-c5ccc6c(c5)OCCO6)nc4n3CC3CC3)n(C)c12. The van der Waals surface area contributed by atoms with Crippen molar-refractivity contribution in [1.29, 1.82) is 0 Å². The lowest BCUT2D eigenvalue weighted by Gasteiger charge is -2.27. The number of nitrogens with zero attached hydrogens (tertiary/aromatic N) is 5. The maximum atomic E-state index is 13.7. The number of aryl methyl sites for hydroxylation is 1. The van der Waals surface area contributed by atoms with Crippen molar-refractivity contribution >= 4 is 28.0 Å². The third kappa shape index (κ3) is 4.22. The summed E-state index contributed by atoms with van der Waals surface area (Å²) < 4.78 is 21.8. The van der Waals surface area contributed by atoms with Gasteiger partial charge in [-0.1, -0.05) is 0 Å². The van der Waals surface area contributed by atoms with E-state index in [1.165, 1.54) is 12.8 Å². The molecule has 4 aliphatic rings. The average molecular weight is 605 g/mol. The number of methoxy groups -OCH3 is 1. The summed E-state index contributed by atoms with van der Waals surface area (Å²) in [6.45, 7) is 2.70. The van der Waals surface area contributed by atoms with Crippen LogP contribution in [0.4, 0.5) is 0 Å². The molecule has 2 bridgehead atoms. The van der Waals surface area contributed by atoms with Crippen molar-refractivity contribution in [3.8, 4) is 40.0 Å². The lowest BCUT2D eigenvalue weighted by molar-refractivity contribution is 0.0700. The first kappa shape index (κ1) is 26.8. The highest BCUT2D eigenvalue weighted by Gasteiger charge is 2.47. The lowest BCUT2D eigenvalue weighted by Crippen LogP contribution is -2.41. The molecule has 10 heteroatoms. The second kappa shape index (κ2) is 9.97. The fourth-order valence-electron chi connectivity index (χ4n) is 7.69. The molecule has 10 nitrogen and oxygen atoms in total. The smallest absolute Gasteiger partial charge is 0.254 e. The standard InChI is InChI=1S/C35H36N6O4/c1-39-32-25(13-23(16-30(32)43-2)35(42)41-18-22-6-9-26(41)31(22)36)38-34(39)27-14-21-5-8-24(37-33(21)40(27)17-19-3-4-19)20-7-10-28-29(15-20)45-12-11-44-28/h5,7-8,10,13-16,19,22,26,31H,3-4,6,9,11-12,17-18,36H2,1-2H3. The largest absolute Gasteiger partial charge is 0.494 e. The van der Waals surface area contributed by atoms with Gasteiger partial charge < -0.3 is 34.0 Å². The maximum absolute atomic E-state index is 13.7. The number of carbonyl (C=O) groups is 1. The first-order valence-electron chi connectivity index (χ1n) is 16.0. The minimum absolute atomic E-state index is 0.00349. The number of pyridine rings is 1. The summed E-state index contributed by atoms with van der Waals surface area (Å²) in [6.07, 6.45) is 4.50. The van der Waals surface area contributed by atoms with Crippen molar-refractivity contribution in [2.45, 2.75) is 44.3 Å². The number of fused-ring (bicyclic) bond motifs is 5. The number of nitrogens with two attached hydrogens (primary N) is 1. The highest BCUT2D eigenvalue weighted by molar-refractivity contribution is 6.00. The molecule has 0 spiro atoms. The number of rotatable bonds is 6. The van der Waals surface area contributed by atoms with Gasteiger partial charge in [0.2, 0.25) is 0 Å². The van der Waals surface area contributed by atoms with Crippen LogP contribution in [0, 0.1) is 11.8 Å². The molecule has 2 N–H and O–H groups in total. The molecule has 1 saturated heterocycles. The van der Waals surface area contributed by atoms with Gasteiger partial charge in [-0.3, -0.25) is 4.79 Å². The van der Waals surface area contributed by atoms with Crippen LogP contribution in [-0.4, -0.2) is 68.9 Å². The minimum atomic E-state index is 0.00349. The van der Waals surface area contributed by atoms with Gasteiger partial charge in [0, 0.05) is 48.7 Å². The van der Waals surface area contributed by atoms with Crippen LogP contribution in [0.3, 0.4) is 0 Å². The van der Waals surface area contributed by atoms with E-state index in [1.54, 1.807) is 7.11 Å². The van der Waals surface area contributed by atoms with Crippen molar-refractivity contribution in [3.05, 3.63) is 54.1 Å². The molecule has 1 amide bonds. The molecular formula is C35H36N6O4. The number of likely N-dealkylation sites (tertiary alicyclic amines) is 1. The van der Waals surface area contributed by atoms with Crippen molar-refractivity contribution in [2.24, 2.45) is 24.6 Å². The predicted octanol–water partition coefficient (Wildman–Crippen LogP) is 5.01. The fourth-order valence-corrected chi connectivity index (χ4v) is 7.69. The van der Waals surface area contributed by atoms with E-state index in [-0.39, 0.29) is 18.0 Å².